The number of hydrogen-bond acceptors (Lipinski definition) is 4. The fourth-order valence-corrected chi connectivity index (χ4v) is 2.82. The number of benzene rings is 1. The molecule has 3 N–H and O–H groups in total. The van der Waals surface area contributed by atoms with Gasteiger partial charge in [-0.3, -0.25) is 15.5 Å². The molecule has 0 saturated heterocycles. The molecule has 1 aromatic carbocycles. The van der Waals surface area contributed by atoms with E-state index in [1.54, 1.807) is 0 Å². The molecule has 0 amide bonds. The van der Waals surface area contributed by atoms with Crippen molar-refractivity contribution in [3.8, 4) is 0 Å². The van der Waals surface area contributed by atoms with Crippen LogP contribution in [0.5, 0.6) is 0 Å². The van der Waals surface area contributed by atoms with Crippen molar-refractivity contribution in [1.82, 2.24) is 20.2 Å². The first kappa shape index (κ1) is 13.7. The van der Waals surface area contributed by atoms with E-state index in [0.29, 0.717) is 0 Å². The largest absolute Gasteiger partial charge is 0.275 e. The van der Waals surface area contributed by atoms with Crippen LogP contribution in [0.15, 0.2) is 42.9 Å². The van der Waals surface area contributed by atoms with Crippen LogP contribution in [0.1, 0.15) is 29.8 Å². The lowest BCUT2D eigenvalue weighted by atomic mass is 9.94. The van der Waals surface area contributed by atoms with Gasteiger partial charge in [0.2, 0.25) is 0 Å². The lowest BCUT2D eigenvalue weighted by Crippen LogP contribution is -2.29. The minimum atomic E-state index is -0.0836. The predicted octanol–water partition coefficient (Wildman–Crippen LogP) is 2.08. The molecule has 0 bridgehead atoms. The molecule has 5 nitrogen and oxygen atoms in total. The van der Waals surface area contributed by atoms with E-state index in [2.05, 4.69) is 34.6 Å². The third-order valence-electron chi connectivity index (χ3n) is 3.78. The monoisotopic (exact) mass is 281 g/mol. The number of rotatable bonds is 4. The zero-order chi connectivity index (χ0) is 14.8. The third-order valence-corrected chi connectivity index (χ3v) is 3.78. The summed E-state index contributed by atoms with van der Waals surface area (Å²) >= 11 is 0. The van der Waals surface area contributed by atoms with Gasteiger partial charge in [0.1, 0.15) is 0 Å². The van der Waals surface area contributed by atoms with Crippen molar-refractivity contribution >= 4 is 10.8 Å². The first-order valence-corrected chi connectivity index (χ1v) is 7.05. The Balaban J connectivity index is 2.18. The van der Waals surface area contributed by atoms with Gasteiger partial charge >= 0.3 is 0 Å². The van der Waals surface area contributed by atoms with E-state index >= 15 is 0 Å². The maximum absolute atomic E-state index is 5.86. The second-order valence-electron chi connectivity index (χ2n) is 5.10. The van der Waals surface area contributed by atoms with E-state index in [4.69, 9.17) is 5.84 Å². The molecule has 108 valence electrons. The quantitative estimate of drug-likeness (QED) is 0.567. The standard InChI is InChI=1S/C16H19N5/c1-3-15-14(10-21(2)20-15)16(19-17)13-6-4-5-11-9-18-8-7-12(11)13/h4-10,16,19H,3,17H2,1-2H3. The fraction of sp³-hybridized carbons (Fsp3) is 0.250. The van der Waals surface area contributed by atoms with Gasteiger partial charge in [-0.2, -0.15) is 5.10 Å². The highest BCUT2D eigenvalue weighted by Crippen LogP contribution is 2.29. The van der Waals surface area contributed by atoms with Crippen LogP contribution in [0.3, 0.4) is 0 Å². The van der Waals surface area contributed by atoms with Crippen LogP contribution in [-0.2, 0) is 13.5 Å². The Morgan fingerprint density at radius 3 is 2.90 bits per heavy atom. The second-order valence-corrected chi connectivity index (χ2v) is 5.10. The molecule has 0 saturated carbocycles. The molecular formula is C16H19N5. The first-order chi connectivity index (χ1) is 10.2. The summed E-state index contributed by atoms with van der Waals surface area (Å²) in [5.74, 6) is 5.86. The van der Waals surface area contributed by atoms with Crippen LogP contribution in [-0.4, -0.2) is 14.8 Å². The van der Waals surface area contributed by atoms with Crippen molar-refractivity contribution in [3.63, 3.8) is 0 Å². The lowest BCUT2D eigenvalue weighted by molar-refractivity contribution is 0.635. The minimum Gasteiger partial charge on any atom is -0.275 e. The molecular weight excluding hydrogens is 262 g/mol. The summed E-state index contributed by atoms with van der Waals surface area (Å²) in [5, 5.41) is 6.77. The van der Waals surface area contributed by atoms with E-state index in [-0.39, 0.29) is 6.04 Å². The van der Waals surface area contributed by atoms with Gasteiger partial charge in [0.25, 0.3) is 0 Å². The summed E-state index contributed by atoms with van der Waals surface area (Å²) in [7, 11) is 1.93. The molecule has 3 rings (SSSR count). The molecule has 1 unspecified atom stereocenters. The highest BCUT2D eigenvalue weighted by molar-refractivity contribution is 5.85. The van der Waals surface area contributed by atoms with Crippen LogP contribution in [0.2, 0.25) is 0 Å². The van der Waals surface area contributed by atoms with Gasteiger partial charge in [-0.05, 0) is 23.4 Å². The number of hydrazine groups is 1. The van der Waals surface area contributed by atoms with Gasteiger partial charge in [0.15, 0.2) is 0 Å². The normalized spacial score (nSPS) is 12.7. The molecule has 0 aliphatic carbocycles. The molecule has 3 aromatic rings. The Hall–Kier alpha value is -2.24. The SMILES string of the molecule is CCc1nn(C)cc1C(NN)c1cccc2cnccc12. The van der Waals surface area contributed by atoms with E-state index in [1.165, 1.54) is 0 Å². The highest BCUT2D eigenvalue weighted by Gasteiger charge is 2.20. The maximum Gasteiger partial charge on any atom is 0.0749 e. The topological polar surface area (TPSA) is 68.8 Å². The zero-order valence-corrected chi connectivity index (χ0v) is 12.2. The summed E-state index contributed by atoms with van der Waals surface area (Å²) in [5.41, 5.74) is 6.26. The summed E-state index contributed by atoms with van der Waals surface area (Å²) in [6, 6.07) is 8.13. The molecule has 1 atom stereocenters. The fourth-order valence-electron chi connectivity index (χ4n) is 2.82. The number of aryl methyl sites for hydroxylation is 2. The van der Waals surface area contributed by atoms with Crippen molar-refractivity contribution in [2.75, 3.05) is 0 Å². The summed E-state index contributed by atoms with van der Waals surface area (Å²) < 4.78 is 1.84. The Kier molecular flexibility index (Phi) is 3.68. The van der Waals surface area contributed by atoms with Crippen LogP contribution < -0.4 is 11.3 Å². The summed E-state index contributed by atoms with van der Waals surface area (Å²) in [4.78, 5) is 4.18. The van der Waals surface area contributed by atoms with Crippen molar-refractivity contribution in [3.05, 3.63) is 59.7 Å². The Morgan fingerprint density at radius 2 is 2.14 bits per heavy atom. The van der Waals surface area contributed by atoms with Crippen molar-refractivity contribution in [2.24, 2.45) is 12.9 Å². The van der Waals surface area contributed by atoms with Crippen LogP contribution >= 0.6 is 0 Å². The minimum absolute atomic E-state index is 0.0836. The number of aromatic nitrogens is 3. The smallest absolute Gasteiger partial charge is 0.0749 e. The summed E-state index contributed by atoms with van der Waals surface area (Å²) in [6.45, 7) is 2.10. The van der Waals surface area contributed by atoms with E-state index in [0.717, 1.165) is 34.0 Å². The molecule has 0 fully saturated rings. The third kappa shape index (κ3) is 2.41. The number of fused-ring (bicyclic) bond motifs is 1. The number of hydrogen-bond donors (Lipinski definition) is 2. The van der Waals surface area contributed by atoms with Gasteiger partial charge in [0.05, 0.1) is 11.7 Å². The van der Waals surface area contributed by atoms with Gasteiger partial charge in [-0.15, -0.1) is 0 Å². The number of nitrogens with one attached hydrogen (secondary N) is 1. The number of nitrogens with zero attached hydrogens (tertiary/aromatic N) is 3. The second kappa shape index (κ2) is 5.63. The Labute approximate surface area is 123 Å². The van der Waals surface area contributed by atoms with Gasteiger partial charge < -0.3 is 0 Å². The molecule has 5 heteroatoms. The molecule has 21 heavy (non-hydrogen) atoms. The molecule has 0 aliphatic heterocycles. The average molecular weight is 281 g/mol. The lowest BCUT2D eigenvalue weighted by Gasteiger charge is -2.18. The number of nitrogens with two attached hydrogens (primary N) is 1. The van der Waals surface area contributed by atoms with E-state index in [9.17, 15) is 0 Å². The van der Waals surface area contributed by atoms with Crippen molar-refractivity contribution < 1.29 is 0 Å². The number of pyridine rings is 1. The maximum atomic E-state index is 5.86. The predicted molar refractivity (Wildman–Crippen MR) is 83.5 cm³/mol. The zero-order valence-electron chi connectivity index (χ0n) is 12.2. The van der Waals surface area contributed by atoms with Crippen molar-refractivity contribution in [2.45, 2.75) is 19.4 Å². The van der Waals surface area contributed by atoms with Crippen LogP contribution in [0, 0.1) is 0 Å². The van der Waals surface area contributed by atoms with E-state index in [1.807, 2.05) is 42.5 Å². The highest BCUT2D eigenvalue weighted by atomic mass is 15.3. The Morgan fingerprint density at radius 1 is 1.29 bits per heavy atom. The van der Waals surface area contributed by atoms with Crippen molar-refractivity contribution in [1.29, 1.82) is 0 Å². The van der Waals surface area contributed by atoms with E-state index < -0.39 is 0 Å². The molecule has 0 radical (unpaired) electrons. The molecule has 2 aromatic heterocycles. The van der Waals surface area contributed by atoms with Gasteiger partial charge in [-0.1, -0.05) is 25.1 Å². The average Bonchev–Trinajstić information content (AvgIpc) is 2.89. The van der Waals surface area contributed by atoms with Crippen LogP contribution in [0.4, 0.5) is 0 Å². The van der Waals surface area contributed by atoms with Gasteiger partial charge in [-0.25, -0.2) is 5.43 Å². The Bertz CT molecular complexity index is 757. The van der Waals surface area contributed by atoms with Gasteiger partial charge in [0, 0.05) is 36.6 Å². The first-order valence-electron chi connectivity index (χ1n) is 7.05. The van der Waals surface area contributed by atoms with Crippen LogP contribution in [0.25, 0.3) is 10.8 Å². The molecule has 0 aliphatic rings. The molecule has 2 heterocycles. The summed E-state index contributed by atoms with van der Waals surface area (Å²) in [6.07, 6.45) is 6.59. The molecule has 0 spiro atoms.